The van der Waals surface area contributed by atoms with Gasteiger partial charge in [-0.15, -0.1) is 0 Å². The summed E-state index contributed by atoms with van der Waals surface area (Å²) in [4.78, 5) is 3.52. The first kappa shape index (κ1) is 12.5. The molecule has 2 nitrogen and oxygen atoms in total. The Morgan fingerprint density at radius 2 is 2.21 bits per heavy atom. The molecule has 3 rings (SSSR count). The first-order valence-corrected chi connectivity index (χ1v) is 7.16. The molecule has 19 heavy (non-hydrogen) atoms. The second-order valence-electron chi connectivity index (χ2n) is 5.68. The van der Waals surface area contributed by atoms with Crippen molar-refractivity contribution in [2.75, 3.05) is 13.6 Å². The molecule has 1 aliphatic rings. The molecule has 0 saturated carbocycles. The van der Waals surface area contributed by atoms with E-state index in [0.29, 0.717) is 5.92 Å². The van der Waals surface area contributed by atoms with Gasteiger partial charge < -0.3 is 10.3 Å². The highest BCUT2D eigenvalue weighted by molar-refractivity contribution is 5.97. The third-order valence-corrected chi connectivity index (χ3v) is 4.14. The fraction of sp³-hybridized carbons (Fsp3) is 0.412. The van der Waals surface area contributed by atoms with Crippen LogP contribution in [0.25, 0.3) is 16.5 Å². The van der Waals surface area contributed by atoms with Crippen LogP contribution < -0.4 is 5.32 Å². The maximum atomic E-state index is 3.52. The fourth-order valence-electron chi connectivity index (χ4n) is 3.32. The Morgan fingerprint density at radius 1 is 1.37 bits per heavy atom. The number of allylic oxidation sites excluding steroid dienone is 1. The molecule has 1 heterocycles. The van der Waals surface area contributed by atoms with Crippen molar-refractivity contribution < 1.29 is 0 Å². The van der Waals surface area contributed by atoms with Gasteiger partial charge in [-0.1, -0.05) is 25.1 Å². The summed E-state index contributed by atoms with van der Waals surface area (Å²) in [5.41, 5.74) is 7.09. The van der Waals surface area contributed by atoms with Crippen LogP contribution in [0.4, 0.5) is 0 Å². The maximum absolute atomic E-state index is 3.52. The van der Waals surface area contributed by atoms with Crippen molar-refractivity contribution >= 4 is 16.5 Å². The minimum absolute atomic E-state index is 0.580. The average molecular weight is 254 g/mol. The third-order valence-electron chi connectivity index (χ3n) is 4.14. The molecule has 2 aromatic rings. The summed E-state index contributed by atoms with van der Waals surface area (Å²) >= 11 is 0. The van der Waals surface area contributed by atoms with Gasteiger partial charge in [-0.3, -0.25) is 0 Å². The zero-order chi connectivity index (χ0) is 13.4. The largest absolute Gasteiger partial charge is 0.358 e. The predicted octanol–water partition coefficient (Wildman–Crippen LogP) is 3.66. The van der Waals surface area contributed by atoms with Crippen LogP contribution in [-0.4, -0.2) is 18.6 Å². The van der Waals surface area contributed by atoms with Crippen molar-refractivity contribution in [3.8, 4) is 0 Å². The number of hydrogen-bond acceptors (Lipinski definition) is 1. The Morgan fingerprint density at radius 3 is 3.00 bits per heavy atom. The van der Waals surface area contributed by atoms with E-state index in [1.165, 1.54) is 46.1 Å². The topological polar surface area (TPSA) is 27.8 Å². The molecule has 2 N–H and O–H groups in total. The van der Waals surface area contributed by atoms with Crippen LogP contribution in [0.3, 0.4) is 0 Å². The van der Waals surface area contributed by atoms with Gasteiger partial charge in [-0.05, 0) is 55.5 Å². The number of hydrogen-bond donors (Lipinski definition) is 2. The van der Waals surface area contributed by atoms with E-state index in [4.69, 9.17) is 0 Å². The first-order chi connectivity index (χ1) is 9.20. The molecular formula is C17H22N2. The molecule has 0 aliphatic heterocycles. The highest BCUT2D eigenvalue weighted by Crippen LogP contribution is 2.38. The van der Waals surface area contributed by atoms with Crippen LogP contribution in [0.5, 0.6) is 0 Å². The molecule has 1 atom stereocenters. The molecule has 100 valence electrons. The zero-order valence-corrected chi connectivity index (χ0v) is 12.0. The highest BCUT2D eigenvalue weighted by atomic mass is 14.8. The van der Waals surface area contributed by atoms with Crippen LogP contribution >= 0.6 is 0 Å². The van der Waals surface area contributed by atoms with Gasteiger partial charge in [0.1, 0.15) is 0 Å². The Kier molecular flexibility index (Phi) is 3.19. The molecular weight excluding hydrogens is 232 g/mol. The van der Waals surface area contributed by atoms with E-state index in [0.717, 1.165) is 6.54 Å². The second kappa shape index (κ2) is 4.86. The van der Waals surface area contributed by atoms with Crippen molar-refractivity contribution in [2.45, 2.75) is 26.7 Å². The lowest BCUT2D eigenvalue weighted by molar-refractivity contribution is 0.649. The number of aryl methyl sites for hydroxylation is 2. The number of rotatable bonds is 3. The molecule has 0 saturated heterocycles. The third kappa shape index (κ3) is 2.10. The van der Waals surface area contributed by atoms with Gasteiger partial charge in [0.25, 0.3) is 0 Å². The summed E-state index contributed by atoms with van der Waals surface area (Å²) < 4.78 is 0. The summed E-state index contributed by atoms with van der Waals surface area (Å²) in [7, 11) is 2.02. The molecule has 0 amide bonds. The number of H-pyrrole nitrogens is 1. The molecule has 0 radical (unpaired) electrons. The lowest BCUT2D eigenvalue weighted by atomic mass is 9.86. The SMILES string of the molecule is CNCC(C)/C=C1\CCc2c(C)[nH]c3cccc1c23. The molecule has 0 fully saturated rings. The van der Waals surface area contributed by atoms with E-state index >= 15 is 0 Å². The van der Waals surface area contributed by atoms with E-state index in [1.807, 2.05) is 7.05 Å². The van der Waals surface area contributed by atoms with Gasteiger partial charge in [-0.25, -0.2) is 0 Å². The molecule has 1 aromatic carbocycles. The quantitative estimate of drug-likeness (QED) is 0.859. The van der Waals surface area contributed by atoms with Gasteiger partial charge >= 0.3 is 0 Å². The van der Waals surface area contributed by atoms with Crippen LogP contribution in [0, 0.1) is 12.8 Å². The lowest BCUT2D eigenvalue weighted by Gasteiger charge is -2.18. The molecule has 1 aliphatic carbocycles. The fourth-order valence-corrected chi connectivity index (χ4v) is 3.32. The van der Waals surface area contributed by atoms with Gasteiger partial charge in [0.15, 0.2) is 0 Å². The van der Waals surface area contributed by atoms with Crippen LogP contribution in [0.15, 0.2) is 24.3 Å². The summed E-state index contributed by atoms with van der Waals surface area (Å²) in [6, 6.07) is 6.63. The van der Waals surface area contributed by atoms with Crippen LogP contribution in [-0.2, 0) is 6.42 Å². The van der Waals surface area contributed by atoms with E-state index < -0.39 is 0 Å². The molecule has 0 spiro atoms. The van der Waals surface area contributed by atoms with Gasteiger partial charge in [-0.2, -0.15) is 0 Å². The van der Waals surface area contributed by atoms with E-state index in [-0.39, 0.29) is 0 Å². The number of nitrogens with one attached hydrogen (secondary N) is 2. The maximum Gasteiger partial charge on any atom is 0.0465 e. The van der Waals surface area contributed by atoms with E-state index in [9.17, 15) is 0 Å². The Labute approximate surface area is 114 Å². The zero-order valence-electron chi connectivity index (χ0n) is 12.0. The van der Waals surface area contributed by atoms with Crippen molar-refractivity contribution in [1.82, 2.24) is 10.3 Å². The van der Waals surface area contributed by atoms with Crippen LogP contribution in [0.2, 0.25) is 0 Å². The molecule has 2 heteroatoms. The van der Waals surface area contributed by atoms with Gasteiger partial charge in [0.2, 0.25) is 0 Å². The van der Waals surface area contributed by atoms with Crippen molar-refractivity contribution in [2.24, 2.45) is 5.92 Å². The Hall–Kier alpha value is -1.54. The lowest BCUT2D eigenvalue weighted by Crippen LogP contribution is -2.15. The summed E-state index contributed by atoms with van der Waals surface area (Å²) in [6.07, 6.45) is 4.77. The Balaban J connectivity index is 2.11. The summed E-state index contributed by atoms with van der Waals surface area (Å²) in [5, 5.41) is 4.71. The van der Waals surface area contributed by atoms with Gasteiger partial charge in [0.05, 0.1) is 0 Å². The van der Waals surface area contributed by atoms with Crippen molar-refractivity contribution in [1.29, 1.82) is 0 Å². The summed E-state index contributed by atoms with van der Waals surface area (Å²) in [5.74, 6) is 0.580. The second-order valence-corrected chi connectivity index (χ2v) is 5.68. The number of aromatic amines is 1. The Bertz CT molecular complexity index is 634. The predicted molar refractivity (Wildman–Crippen MR) is 82.4 cm³/mol. The summed E-state index contributed by atoms with van der Waals surface area (Å²) in [6.45, 7) is 5.51. The van der Waals surface area contributed by atoms with E-state index in [1.54, 1.807) is 0 Å². The molecule has 1 unspecified atom stereocenters. The van der Waals surface area contributed by atoms with Crippen molar-refractivity contribution in [3.63, 3.8) is 0 Å². The number of aromatic nitrogens is 1. The molecule has 1 aromatic heterocycles. The monoisotopic (exact) mass is 254 g/mol. The minimum Gasteiger partial charge on any atom is -0.358 e. The van der Waals surface area contributed by atoms with E-state index in [2.05, 4.69) is 48.4 Å². The normalized spacial score (nSPS) is 18.2. The standard InChI is InChI=1S/C17H22N2/c1-11(10-18-3)9-13-7-8-14-12(2)19-16-6-4-5-15(13)17(14)16/h4-6,9,11,18-19H,7-8,10H2,1-3H3/b13-9+. The van der Waals surface area contributed by atoms with Crippen molar-refractivity contribution in [3.05, 3.63) is 41.1 Å². The highest BCUT2D eigenvalue weighted by Gasteiger charge is 2.19. The first-order valence-electron chi connectivity index (χ1n) is 7.16. The van der Waals surface area contributed by atoms with Crippen LogP contribution in [0.1, 0.15) is 30.2 Å². The number of benzene rings is 1. The smallest absolute Gasteiger partial charge is 0.0465 e. The average Bonchev–Trinajstić information content (AvgIpc) is 2.71. The molecule has 0 bridgehead atoms. The minimum atomic E-state index is 0.580. The van der Waals surface area contributed by atoms with Gasteiger partial charge in [0, 0.05) is 23.1 Å².